The summed E-state index contributed by atoms with van der Waals surface area (Å²) >= 11 is 4.19. The van der Waals surface area contributed by atoms with Crippen LogP contribution in [0.1, 0.15) is 25.6 Å². The molecule has 7 nitrogen and oxygen atoms in total. The van der Waals surface area contributed by atoms with Crippen LogP contribution in [0.5, 0.6) is 0 Å². The SMILES string of the molecule is C=C[C@@]1(c2sc(Br)cc2F)CS(=O)(=O)N(C)C(NC(=O)OC(C)(C)C)=N1. The summed E-state index contributed by atoms with van der Waals surface area (Å²) < 4.78 is 46.0. The zero-order valence-electron chi connectivity index (χ0n) is 14.7. The van der Waals surface area contributed by atoms with Gasteiger partial charge >= 0.3 is 6.09 Å². The second kappa shape index (κ2) is 6.93. The van der Waals surface area contributed by atoms with Gasteiger partial charge in [-0.15, -0.1) is 17.9 Å². The quantitative estimate of drug-likeness (QED) is 0.676. The highest BCUT2D eigenvalue weighted by Crippen LogP contribution is 2.41. The number of guanidine groups is 1. The van der Waals surface area contributed by atoms with Gasteiger partial charge < -0.3 is 4.74 Å². The van der Waals surface area contributed by atoms with E-state index in [0.717, 1.165) is 15.6 Å². The van der Waals surface area contributed by atoms with Gasteiger partial charge in [-0.1, -0.05) is 6.08 Å². The van der Waals surface area contributed by atoms with E-state index in [1.807, 2.05) is 0 Å². The number of amides is 1. The van der Waals surface area contributed by atoms with E-state index in [9.17, 15) is 17.6 Å². The lowest BCUT2D eigenvalue weighted by Crippen LogP contribution is -2.54. The minimum atomic E-state index is -3.89. The standard InChI is InChI=1S/C15H19BrFN3O4S2/c1-6-15(11-9(17)7-10(16)25-11)8-26(22,23)20(5)12(19-15)18-13(21)24-14(2,3)4/h6-7H,1,8H2,2-5H3,(H,18,19,21)/t15-/m0/s1. The molecule has 1 aromatic rings. The van der Waals surface area contributed by atoms with Gasteiger partial charge in [0, 0.05) is 7.05 Å². The zero-order chi connectivity index (χ0) is 19.9. The zero-order valence-corrected chi connectivity index (χ0v) is 17.9. The van der Waals surface area contributed by atoms with Crippen molar-refractivity contribution in [3.63, 3.8) is 0 Å². The molecule has 1 aromatic heterocycles. The number of alkyl carbamates (subject to hydrolysis) is 1. The Balaban J connectivity index is 2.53. The number of carbonyl (C=O) groups excluding carboxylic acids is 1. The number of aliphatic imine (C=N–C) groups is 1. The monoisotopic (exact) mass is 467 g/mol. The van der Waals surface area contributed by atoms with Gasteiger partial charge in [-0.25, -0.2) is 26.9 Å². The molecule has 0 saturated heterocycles. The van der Waals surface area contributed by atoms with Crippen molar-refractivity contribution in [2.75, 3.05) is 12.8 Å². The minimum Gasteiger partial charge on any atom is -0.444 e. The lowest BCUT2D eigenvalue weighted by molar-refractivity contribution is 0.0559. The number of sulfonamides is 1. The predicted molar refractivity (Wildman–Crippen MR) is 102 cm³/mol. The highest BCUT2D eigenvalue weighted by molar-refractivity contribution is 9.11. The van der Waals surface area contributed by atoms with Crippen LogP contribution in [-0.4, -0.2) is 43.2 Å². The van der Waals surface area contributed by atoms with Crippen molar-refractivity contribution in [3.8, 4) is 0 Å². The molecule has 0 radical (unpaired) electrons. The summed E-state index contributed by atoms with van der Waals surface area (Å²) in [5.41, 5.74) is -2.34. The summed E-state index contributed by atoms with van der Waals surface area (Å²) in [7, 11) is -2.64. The molecule has 1 atom stereocenters. The molecular formula is C15H19BrFN3O4S2. The third-order valence-electron chi connectivity index (χ3n) is 3.42. The lowest BCUT2D eigenvalue weighted by atomic mass is 10.0. The average Bonchev–Trinajstić information content (AvgIpc) is 2.81. The van der Waals surface area contributed by atoms with Crippen molar-refractivity contribution in [2.45, 2.75) is 31.9 Å². The van der Waals surface area contributed by atoms with E-state index < -0.39 is 38.8 Å². The van der Waals surface area contributed by atoms with E-state index in [4.69, 9.17) is 4.74 Å². The molecule has 2 rings (SSSR count). The van der Waals surface area contributed by atoms with Crippen molar-refractivity contribution < 1.29 is 22.3 Å². The van der Waals surface area contributed by atoms with Crippen molar-refractivity contribution in [3.05, 3.63) is 33.2 Å². The van der Waals surface area contributed by atoms with Crippen molar-refractivity contribution in [1.29, 1.82) is 0 Å². The number of halogens is 2. The Kier molecular flexibility index (Phi) is 5.56. The van der Waals surface area contributed by atoms with Gasteiger partial charge in [0.05, 0.1) is 8.66 Å². The maximum absolute atomic E-state index is 14.3. The molecule has 1 N–H and O–H groups in total. The summed E-state index contributed by atoms with van der Waals surface area (Å²) in [5, 5.41) is 2.32. The first-order chi connectivity index (χ1) is 11.8. The lowest BCUT2D eigenvalue weighted by Gasteiger charge is -2.35. The Labute approximate surface area is 164 Å². The largest absolute Gasteiger partial charge is 0.444 e. The van der Waals surface area contributed by atoms with Crippen LogP contribution >= 0.6 is 27.3 Å². The Morgan fingerprint density at radius 3 is 2.65 bits per heavy atom. The van der Waals surface area contributed by atoms with E-state index in [0.29, 0.717) is 3.79 Å². The maximum Gasteiger partial charge on any atom is 0.414 e. The summed E-state index contributed by atoms with van der Waals surface area (Å²) in [5.74, 6) is -1.39. The number of nitrogens with zero attached hydrogens (tertiary/aromatic N) is 2. The second-order valence-corrected chi connectivity index (χ2v) is 11.1. The highest BCUT2D eigenvalue weighted by atomic mass is 79.9. The summed E-state index contributed by atoms with van der Waals surface area (Å²) in [6.07, 6.45) is 0.390. The molecule has 0 unspecified atom stereocenters. The normalized spacial score (nSPS) is 22.5. The van der Waals surface area contributed by atoms with Crippen LogP contribution < -0.4 is 5.32 Å². The molecule has 144 valence electrons. The first-order valence-corrected chi connectivity index (χ1v) is 10.7. The fourth-order valence-corrected chi connectivity index (χ4v) is 5.35. The molecule has 11 heteroatoms. The fraction of sp³-hybridized carbons (Fsp3) is 0.467. The third-order valence-corrected chi connectivity index (χ3v) is 7.02. The van der Waals surface area contributed by atoms with Gasteiger partial charge in [-0.3, -0.25) is 5.32 Å². The molecule has 0 aromatic carbocycles. The average molecular weight is 468 g/mol. The molecule has 0 saturated carbocycles. The second-order valence-electron chi connectivity index (χ2n) is 6.64. The summed E-state index contributed by atoms with van der Waals surface area (Å²) in [6.45, 7) is 8.64. The van der Waals surface area contributed by atoms with Crippen molar-refractivity contribution in [1.82, 2.24) is 9.62 Å². The molecular weight excluding hydrogens is 449 g/mol. The van der Waals surface area contributed by atoms with E-state index in [2.05, 4.69) is 32.8 Å². The topological polar surface area (TPSA) is 88.1 Å². The minimum absolute atomic E-state index is 0.0829. The number of hydrogen-bond acceptors (Lipinski definition) is 6. The van der Waals surface area contributed by atoms with Crippen LogP contribution in [0, 0.1) is 5.82 Å². The fourth-order valence-electron chi connectivity index (χ4n) is 2.25. The third kappa shape index (κ3) is 4.26. The Bertz CT molecular complexity index is 876. The van der Waals surface area contributed by atoms with Crippen LogP contribution in [-0.2, 0) is 20.3 Å². The Morgan fingerprint density at radius 2 is 2.19 bits per heavy atom. The van der Waals surface area contributed by atoms with E-state index in [1.165, 1.54) is 19.2 Å². The molecule has 1 amide bonds. The van der Waals surface area contributed by atoms with Crippen LogP contribution in [0.2, 0.25) is 0 Å². The van der Waals surface area contributed by atoms with Crippen molar-refractivity contribution >= 4 is 49.3 Å². The molecule has 0 spiro atoms. The molecule has 1 aliphatic heterocycles. The van der Waals surface area contributed by atoms with Gasteiger partial charge in [0.15, 0.2) is 0 Å². The number of carbonyl (C=O) groups is 1. The van der Waals surface area contributed by atoms with Crippen LogP contribution in [0.25, 0.3) is 0 Å². The van der Waals surface area contributed by atoms with Crippen LogP contribution in [0.15, 0.2) is 27.5 Å². The number of rotatable bonds is 2. The van der Waals surface area contributed by atoms with Crippen LogP contribution in [0.3, 0.4) is 0 Å². The molecule has 1 aliphatic rings. The summed E-state index contributed by atoms with van der Waals surface area (Å²) in [4.78, 5) is 16.4. The number of hydrogen-bond donors (Lipinski definition) is 1. The number of ether oxygens (including phenoxy) is 1. The number of nitrogens with one attached hydrogen (secondary N) is 1. The Hall–Kier alpha value is -1.46. The first kappa shape index (κ1) is 20.8. The molecule has 0 bridgehead atoms. The highest BCUT2D eigenvalue weighted by Gasteiger charge is 2.45. The smallest absolute Gasteiger partial charge is 0.414 e. The van der Waals surface area contributed by atoms with Gasteiger partial charge in [0.2, 0.25) is 16.0 Å². The van der Waals surface area contributed by atoms with Gasteiger partial charge in [-0.2, -0.15) is 0 Å². The Morgan fingerprint density at radius 1 is 1.58 bits per heavy atom. The van der Waals surface area contributed by atoms with Crippen molar-refractivity contribution in [2.24, 2.45) is 4.99 Å². The van der Waals surface area contributed by atoms with E-state index in [-0.39, 0.29) is 10.8 Å². The van der Waals surface area contributed by atoms with Gasteiger partial charge in [0.25, 0.3) is 0 Å². The molecule has 0 aliphatic carbocycles. The first-order valence-electron chi connectivity index (χ1n) is 7.45. The predicted octanol–water partition coefficient (Wildman–Crippen LogP) is 3.19. The van der Waals surface area contributed by atoms with Gasteiger partial charge in [0.1, 0.15) is 22.7 Å². The molecule has 0 fully saturated rings. The van der Waals surface area contributed by atoms with E-state index in [1.54, 1.807) is 20.8 Å². The van der Waals surface area contributed by atoms with Crippen LogP contribution in [0.4, 0.5) is 9.18 Å². The maximum atomic E-state index is 14.3. The summed E-state index contributed by atoms with van der Waals surface area (Å²) in [6, 6.07) is 1.23. The van der Waals surface area contributed by atoms with Gasteiger partial charge in [-0.05, 0) is 42.8 Å². The molecule has 26 heavy (non-hydrogen) atoms. The molecule has 2 heterocycles. The van der Waals surface area contributed by atoms with E-state index >= 15 is 0 Å². The number of thiophene rings is 1.